The normalized spacial score (nSPS) is 13.9. The fourth-order valence-corrected chi connectivity index (χ4v) is 1.59. The maximum absolute atomic E-state index is 11.8. The highest BCUT2D eigenvalue weighted by Crippen LogP contribution is 2.13. The average molecular weight is 189 g/mol. The fourth-order valence-electron chi connectivity index (χ4n) is 1.59. The Morgan fingerprint density at radius 3 is 3.36 bits per heavy atom. The molecule has 2 rings (SSSR count). The van der Waals surface area contributed by atoms with E-state index in [9.17, 15) is 4.79 Å². The molecule has 1 aliphatic rings. The zero-order valence-corrected chi connectivity index (χ0v) is 7.79. The van der Waals surface area contributed by atoms with E-state index in [4.69, 9.17) is 6.42 Å². The van der Waals surface area contributed by atoms with Gasteiger partial charge in [-0.25, -0.2) is 4.98 Å². The average Bonchev–Trinajstić information content (AvgIpc) is 2.23. The van der Waals surface area contributed by atoms with E-state index in [0.717, 1.165) is 30.8 Å². The van der Waals surface area contributed by atoms with Gasteiger partial charge in [0.2, 0.25) is 0 Å². The van der Waals surface area contributed by atoms with Gasteiger partial charge in [0, 0.05) is 6.54 Å². The van der Waals surface area contributed by atoms with Crippen molar-refractivity contribution in [1.29, 1.82) is 0 Å². The van der Waals surface area contributed by atoms with Gasteiger partial charge in [0.1, 0.15) is 12.1 Å². The van der Waals surface area contributed by atoms with Gasteiger partial charge in [0.15, 0.2) is 0 Å². The molecule has 0 aliphatic carbocycles. The van der Waals surface area contributed by atoms with Crippen molar-refractivity contribution in [2.24, 2.45) is 0 Å². The second kappa shape index (κ2) is 3.54. The van der Waals surface area contributed by atoms with Gasteiger partial charge in [-0.05, 0) is 12.8 Å². The van der Waals surface area contributed by atoms with E-state index in [1.54, 1.807) is 0 Å². The van der Waals surface area contributed by atoms with Crippen LogP contribution in [0.25, 0.3) is 0 Å². The predicted octanol–water partition coefficient (Wildman–Crippen LogP) is 0.235. The molecule has 0 radical (unpaired) electrons. The summed E-state index contributed by atoms with van der Waals surface area (Å²) >= 11 is 0. The summed E-state index contributed by atoms with van der Waals surface area (Å²) in [5.41, 5.74) is 0.745. The Bertz CT molecular complexity index is 442. The molecular weight excluding hydrogens is 178 g/mol. The zero-order valence-electron chi connectivity index (χ0n) is 7.79. The summed E-state index contributed by atoms with van der Waals surface area (Å²) in [5, 5.41) is 3.10. The van der Waals surface area contributed by atoms with Crippen molar-refractivity contribution in [3.63, 3.8) is 0 Å². The smallest absolute Gasteiger partial charge is 0.259 e. The summed E-state index contributed by atoms with van der Waals surface area (Å²) in [6.45, 7) is 1.18. The van der Waals surface area contributed by atoms with Crippen LogP contribution in [-0.4, -0.2) is 16.1 Å². The minimum absolute atomic E-state index is 0.0137. The highest BCUT2D eigenvalue weighted by atomic mass is 16.1. The number of terminal acetylenes is 1. The van der Waals surface area contributed by atoms with E-state index < -0.39 is 0 Å². The van der Waals surface area contributed by atoms with E-state index >= 15 is 0 Å². The minimum Gasteiger partial charge on any atom is -0.370 e. The molecule has 2 heterocycles. The van der Waals surface area contributed by atoms with Gasteiger partial charge in [-0.2, -0.15) is 0 Å². The first-order valence-electron chi connectivity index (χ1n) is 4.58. The molecule has 1 aromatic rings. The molecule has 1 aromatic heterocycles. The molecule has 0 aromatic carbocycles. The third kappa shape index (κ3) is 1.37. The molecule has 14 heavy (non-hydrogen) atoms. The summed E-state index contributed by atoms with van der Waals surface area (Å²) < 4.78 is 1.46. The highest BCUT2D eigenvalue weighted by molar-refractivity contribution is 5.44. The van der Waals surface area contributed by atoms with Crippen LogP contribution in [0.1, 0.15) is 12.0 Å². The Kier molecular flexibility index (Phi) is 2.23. The number of hydrogen-bond donors (Lipinski definition) is 1. The van der Waals surface area contributed by atoms with Gasteiger partial charge in [-0.15, -0.1) is 6.42 Å². The molecule has 0 unspecified atom stereocenters. The van der Waals surface area contributed by atoms with Crippen LogP contribution in [0.2, 0.25) is 0 Å². The molecule has 0 amide bonds. The standard InChI is InChI=1S/C10H11N3O/c1-2-6-13-7-12-9-8(10(13)14)4-3-5-11-9/h1,7,11H,3-6H2. The van der Waals surface area contributed by atoms with Gasteiger partial charge in [-0.1, -0.05) is 5.92 Å². The number of hydrogen-bond acceptors (Lipinski definition) is 3. The number of aromatic nitrogens is 2. The van der Waals surface area contributed by atoms with Crippen LogP contribution in [0.15, 0.2) is 11.1 Å². The largest absolute Gasteiger partial charge is 0.370 e. The molecule has 0 atom stereocenters. The van der Waals surface area contributed by atoms with Crippen molar-refractivity contribution in [3.05, 3.63) is 22.2 Å². The monoisotopic (exact) mass is 189 g/mol. The summed E-state index contributed by atoms with van der Waals surface area (Å²) in [4.78, 5) is 15.9. The molecule has 0 spiro atoms. The molecular formula is C10H11N3O. The molecule has 0 fully saturated rings. The van der Waals surface area contributed by atoms with Crippen molar-refractivity contribution in [3.8, 4) is 12.3 Å². The first-order valence-corrected chi connectivity index (χ1v) is 4.58. The number of rotatable bonds is 1. The molecule has 4 heteroatoms. The van der Waals surface area contributed by atoms with Crippen molar-refractivity contribution in [1.82, 2.24) is 9.55 Å². The van der Waals surface area contributed by atoms with Crippen LogP contribution in [0.5, 0.6) is 0 Å². The van der Waals surface area contributed by atoms with E-state index in [2.05, 4.69) is 16.2 Å². The van der Waals surface area contributed by atoms with E-state index in [1.807, 2.05) is 0 Å². The first kappa shape index (κ1) is 8.82. The maximum Gasteiger partial charge on any atom is 0.259 e. The lowest BCUT2D eigenvalue weighted by Crippen LogP contribution is -2.28. The number of fused-ring (bicyclic) bond motifs is 1. The quantitative estimate of drug-likeness (QED) is 0.643. The number of nitrogens with one attached hydrogen (secondary N) is 1. The summed E-state index contributed by atoms with van der Waals surface area (Å²) in [6, 6.07) is 0. The lowest BCUT2D eigenvalue weighted by Gasteiger charge is -2.16. The van der Waals surface area contributed by atoms with Gasteiger partial charge in [0.25, 0.3) is 5.56 Å². The lowest BCUT2D eigenvalue weighted by molar-refractivity contribution is 0.717. The molecule has 72 valence electrons. The lowest BCUT2D eigenvalue weighted by atomic mass is 10.1. The Balaban J connectivity index is 2.50. The third-order valence-corrected chi connectivity index (χ3v) is 2.29. The topological polar surface area (TPSA) is 46.9 Å². The van der Waals surface area contributed by atoms with Crippen LogP contribution in [0.4, 0.5) is 5.82 Å². The molecule has 1 N–H and O–H groups in total. The van der Waals surface area contributed by atoms with Crippen molar-refractivity contribution < 1.29 is 0 Å². The molecule has 0 saturated heterocycles. The zero-order chi connectivity index (χ0) is 9.97. The van der Waals surface area contributed by atoms with Crippen molar-refractivity contribution >= 4 is 5.82 Å². The van der Waals surface area contributed by atoms with Gasteiger partial charge in [0.05, 0.1) is 12.1 Å². The Hall–Kier alpha value is -1.76. The molecule has 0 bridgehead atoms. The minimum atomic E-state index is -0.0137. The maximum atomic E-state index is 11.8. The van der Waals surface area contributed by atoms with Crippen LogP contribution in [-0.2, 0) is 13.0 Å². The Morgan fingerprint density at radius 1 is 1.71 bits per heavy atom. The van der Waals surface area contributed by atoms with E-state index in [0.29, 0.717) is 6.54 Å². The predicted molar refractivity (Wildman–Crippen MR) is 54.1 cm³/mol. The molecule has 1 aliphatic heterocycles. The number of anilines is 1. The van der Waals surface area contributed by atoms with E-state index in [-0.39, 0.29) is 5.56 Å². The van der Waals surface area contributed by atoms with Crippen LogP contribution in [0, 0.1) is 12.3 Å². The summed E-state index contributed by atoms with van der Waals surface area (Å²) in [5.74, 6) is 3.15. The molecule has 4 nitrogen and oxygen atoms in total. The second-order valence-corrected chi connectivity index (χ2v) is 3.24. The molecule has 0 saturated carbocycles. The van der Waals surface area contributed by atoms with Crippen LogP contribution < -0.4 is 10.9 Å². The van der Waals surface area contributed by atoms with E-state index in [1.165, 1.54) is 10.9 Å². The van der Waals surface area contributed by atoms with Crippen LogP contribution >= 0.6 is 0 Å². The van der Waals surface area contributed by atoms with Crippen molar-refractivity contribution in [2.75, 3.05) is 11.9 Å². The highest BCUT2D eigenvalue weighted by Gasteiger charge is 2.14. The van der Waals surface area contributed by atoms with Gasteiger partial charge < -0.3 is 5.32 Å². The van der Waals surface area contributed by atoms with Gasteiger partial charge in [-0.3, -0.25) is 9.36 Å². The fraction of sp³-hybridized carbons (Fsp3) is 0.400. The van der Waals surface area contributed by atoms with Crippen molar-refractivity contribution in [2.45, 2.75) is 19.4 Å². The first-order chi connectivity index (χ1) is 6.83. The Morgan fingerprint density at radius 2 is 2.57 bits per heavy atom. The van der Waals surface area contributed by atoms with Crippen LogP contribution in [0.3, 0.4) is 0 Å². The SMILES string of the molecule is C#CCn1cnc2c(c1=O)CCCN2. The van der Waals surface area contributed by atoms with Gasteiger partial charge >= 0.3 is 0 Å². The summed E-state index contributed by atoms with van der Waals surface area (Å²) in [6.07, 6.45) is 8.42. The second-order valence-electron chi connectivity index (χ2n) is 3.24. The Labute approximate surface area is 82.0 Å². The third-order valence-electron chi connectivity index (χ3n) is 2.29. The number of nitrogens with zero attached hydrogens (tertiary/aromatic N) is 2. The summed E-state index contributed by atoms with van der Waals surface area (Å²) in [7, 11) is 0.